The summed E-state index contributed by atoms with van der Waals surface area (Å²) in [4.78, 5) is 0. The fraction of sp³-hybridized carbons (Fsp3) is 1.00. The molecule has 0 aromatic carbocycles. The lowest BCUT2D eigenvalue weighted by molar-refractivity contribution is 0.371. The summed E-state index contributed by atoms with van der Waals surface area (Å²) >= 11 is 3.11. The summed E-state index contributed by atoms with van der Waals surface area (Å²) in [6, 6.07) is 0. The van der Waals surface area contributed by atoms with E-state index in [-0.39, 0.29) is 6.42 Å². The van der Waals surface area contributed by atoms with Crippen molar-refractivity contribution in [2.75, 3.05) is 6.67 Å². The van der Waals surface area contributed by atoms with Gasteiger partial charge in [-0.3, -0.25) is 4.39 Å². The summed E-state index contributed by atoms with van der Waals surface area (Å²) in [7, 11) is 0. The van der Waals surface area contributed by atoms with Gasteiger partial charge in [0.25, 0.3) is 0 Å². The third-order valence-corrected chi connectivity index (χ3v) is 1.46. The molecule has 4 heteroatoms. The first kappa shape index (κ1) is 8.32. The molecular weight excluding hydrogens is 328 g/mol. The van der Waals surface area contributed by atoms with E-state index in [0.717, 1.165) is 0 Å². The van der Waals surface area contributed by atoms with Gasteiger partial charge in [0.2, 0.25) is 1.68 Å². The molecule has 0 aliphatic rings. The van der Waals surface area contributed by atoms with Gasteiger partial charge in [0.1, 0.15) is 0 Å². The van der Waals surface area contributed by atoms with Crippen LogP contribution in [0.2, 0.25) is 0 Å². The monoisotopic (exact) mass is 332 g/mol. The fourth-order valence-electron chi connectivity index (χ4n) is 0.107. The van der Waals surface area contributed by atoms with Crippen LogP contribution in [0.1, 0.15) is 6.42 Å². The van der Waals surface area contributed by atoms with Crippen LogP contribution in [0.3, 0.4) is 0 Å². The van der Waals surface area contributed by atoms with Crippen molar-refractivity contribution < 1.29 is 8.78 Å². The van der Waals surface area contributed by atoms with Crippen molar-refractivity contribution in [2.45, 2.75) is 8.10 Å². The molecule has 0 saturated heterocycles. The second-order valence-corrected chi connectivity index (χ2v) is 6.54. The van der Waals surface area contributed by atoms with Crippen LogP contribution in [0.4, 0.5) is 8.78 Å². The van der Waals surface area contributed by atoms with E-state index in [2.05, 4.69) is 0 Å². The van der Waals surface area contributed by atoms with Crippen LogP contribution in [0.5, 0.6) is 0 Å². The average Bonchev–Trinajstić information content (AvgIpc) is 1.30. The van der Waals surface area contributed by atoms with Crippen molar-refractivity contribution in [3.63, 3.8) is 0 Å². The first-order valence-corrected chi connectivity index (χ1v) is 3.85. The summed E-state index contributed by atoms with van der Waals surface area (Å²) in [5.41, 5.74) is 0. The molecule has 0 unspecified atom stereocenters. The molecule has 44 valence electrons. The van der Waals surface area contributed by atoms with Gasteiger partial charge in [0, 0.05) is 6.42 Å². The van der Waals surface area contributed by atoms with Crippen LogP contribution < -0.4 is 0 Å². The molecule has 0 nitrogen and oxygen atoms in total. The molecule has 0 amide bonds. The number of halogens is 4. The molecule has 0 N–H and O–H groups in total. The van der Waals surface area contributed by atoms with Gasteiger partial charge in [0.05, 0.1) is 6.67 Å². The molecule has 0 atom stereocenters. The second kappa shape index (κ2) is 3.37. The Hall–Kier alpha value is 1.32. The van der Waals surface area contributed by atoms with Gasteiger partial charge in [0.15, 0.2) is 0 Å². The molecule has 0 bridgehead atoms. The Kier molecular flexibility index (Phi) is 4.00. The summed E-state index contributed by atoms with van der Waals surface area (Å²) < 4.78 is 22.0. The Morgan fingerprint density at radius 2 is 1.86 bits per heavy atom. The van der Waals surface area contributed by atoms with E-state index >= 15 is 0 Å². The van der Waals surface area contributed by atoms with Gasteiger partial charge in [-0.05, 0) is 45.2 Å². The quantitative estimate of drug-likeness (QED) is 0.539. The number of hydrogen-bond acceptors (Lipinski definition) is 0. The van der Waals surface area contributed by atoms with Crippen molar-refractivity contribution in [2.24, 2.45) is 0 Å². The number of alkyl halides is 4. The SMILES string of the molecule is FCCC(F)(I)I. The third-order valence-electron chi connectivity index (χ3n) is 0.378. The topological polar surface area (TPSA) is 0 Å². The number of hydrogen-bond donors (Lipinski definition) is 0. The van der Waals surface area contributed by atoms with E-state index in [1.165, 1.54) is 0 Å². The highest BCUT2D eigenvalue weighted by atomic mass is 127. The van der Waals surface area contributed by atoms with Crippen LogP contribution >= 0.6 is 45.2 Å². The minimum Gasteiger partial charge on any atom is -0.251 e. The Morgan fingerprint density at radius 3 is 1.86 bits per heavy atom. The van der Waals surface area contributed by atoms with Gasteiger partial charge < -0.3 is 0 Å². The van der Waals surface area contributed by atoms with Gasteiger partial charge in [-0.15, -0.1) is 0 Å². The molecular formula is C3H4F2I2. The molecule has 0 aromatic heterocycles. The molecule has 0 saturated carbocycles. The Morgan fingerprint density at radius 1 is 1.43 bits per heavy atom. The van der Waals surface area contributed by atoms with Crippen molar-refractivity contribution in [3.05, 3.63) is 0 Å². The molecule has 0 radical (unpaired) electrons. The molecule has 0 rings (SSSR count). The summed E-state index contributed by atoms with van der Waals surface area (Å²) in [6.07, 6.45) is -0.0197. The van der Waals surface area contributed by atoms with Gasteiger partial charge >= 0.3 is 0 Å². The maximum Gasteiger partial charge on any atom is 0.213 e. The first-order valence-electron chi connectivity index (χ1n) is 1.69. The molecule has 0 aliphatic carbocycles. The van der Waals surface area contributed by atoms with Crippen LogP contribution in [0.25, 0.3) is 0 Å². The van der Waals surface area contributed by atoms with E-state index in [9.17, 15) is 8.78 Å². The van der Waals surface area contributed by atoms with Gasteiger partial charge in [-0.2, -0.15) is 0 Å². The van der Waals surface area contributed by atoms with E-state index in [1.54, 1.807) is 45.2 Å². The molecule has 0 fully saturated rings. The van der Waals surface area contributed by atoms with E-state index in [1.807, 2.05) is 0 Å². The minimum atomic E-state index is -1.38. The van der Waals surface area contributed by atoms with Crippen molar-refractivity contribution in [1.29, 1.82) is 0 Å². The Balaban J connectivity index is 3.15. The predicted octanol–water partition coefficient (Wildman–Crippen LogP) is 2.84. The Labute approximate surface area is 68.3 Å². The van der Waals surface area contributed by atoms with Crippen molar-refractivity contribution in [3.8, 4) is 0 Å². The van der Waals surface area contributed by atoms with E-state index < -0.39 is 8.36 Å². The largest absolute Gasteiger partial charge is 0.251 e. The highest BCUT2D eigenvalue weighted by Crippen LogP contribution is 2.32. The van der Waals surface area contributed by atoms with Crippen LogP contribution in [0.15, 0.2) is 0 Å². The zero-order chi connectivity index (χ0) is 5.91. The Bertz CT molecular complexity index is 49.4. The highest BCUT2D eigenvalue weighted by molar-refractivity contribution is 14.2. The van der Waals surface area contributed by atoms with Crippen LogP contribution in [-0.2, 0) is 0 Å². The average molecular weight is 332 g/mol. The summed E-state index contributed by atoms with van der Waals surface area (Å²) in [6.45, 7) is -0.581. The molecule has 0 spiro atoms. The second-order valence-electron chi connectivity index (χ2n) is 1.05. The predicted molar refractivity (Wildman–Crippen MR) is 42.5 cm³/mol. The van der Waals surface area contributed by atoms with Crippen molar-refractivity contribution in [1.82, 2.24) is 0 Å². The smallest absolute Gasteiger partial charge is 0.213 e. The standard InChI is InChI=1S/C3H4F2I2/c4-2-1-3(5,6)7/h1-2H2. The van der Waals surface area contributed by atoms with Crippen LogP contribution in [-0.4, -0.2) is 8.36 Å². The molecule has 0 aliphatic heterocycles. The minimum absolute atomic E-state index is 0.0197. The van der Waals surface area contributed by atoms with Crippen molar-refractivity contribution >= 4 is 45.2 Å². The lowest BCUT2D eigenvalue weighted by Gasteiger charge is -2.03. The molecule has 0 aromatic rings. The highest BCUT2D eigenvalue weighted by Gasteiger charge is 2.18. The lowest BCUT2D eigenvalue weighted by atomic mass is 10.5. The molecule has 0 heterocycles. The zero-order valence-corrected chi connectivity index (χ0v) is 7.74. The lowest BCUT2D eigenvalue weighted by Crippen LogP contribution is -2.01. The summed E-state index contributed by atoms with van der Waals surface area (Å²) in [5.74, 6) is 0. The fourth-order valence-corrected chi connectivity index (χ4v) is 0.515. The maximum atomic E-state index is 12.1. The molecule has 7 heavy (non-hydrogen) atoms. The normalized spacial score (nSPS) is 12.0. The zero-order valence-electron chi connectivity index (χ0n) is 3.43. The van der Waals surface area contributed by atoms with Gasteiger partial charge in [-0.1, -0.05) is 0 Å². The third kappa shape index (κ3) is 7.32. The van der Waals surface area contributed by atoms with E-state index in [4.69, 9.17) is 0 Å². The maximum absolute atomic E-state index is 12.1. The van der Waals surface area contributed by atoms with E-state index in [0.29, 0.717) is 0 Å². The van der Waals surface area contributed by atoms with Gasteiger partial charge in [-0.25, -0.2) is 4.39 Å². The summed E-state index contributed by atoms with van der Waals surface area (Å²) in [5, 5.41) is 0. The van der Waals surface area contributed by atoms with Crippen LogP contribution in [0, 0.1) is 0 Å². The first-order chi connectivity index (χ1) is 3.06. The number of rotatable bonds is 2.